The minimum Gasteiger partial charge on any atom is -0.410 e. The highest BCUT2D eigenvalue weighted by Gasteiger charge is 2.23. The van der Waals surface area contributed by atoms with E-state index in [1.807, 2.05) is 10.9 Å². The Morgan fingerprint density at radius 2 is 1.07 bits per heavy atom. The first-order valence-corrected chi connectivity index (χ1v) is 8.09. The summed E-state index contributed by atoms with van der Waals surface area (Å²) >= 11 is 0. The third-order valence-electron chi connectivity index (χ3n) is 3.85. The minimum absolute atomic E-state index is 0.0929. The van der Waals surface area contributed by atoms with Crippen LogP contribution < -0.4 is 22.5 Å². The van der Waals surface area contributed by atoms with E-state index < -0.39 is 35.2 Å². The lowest BCUT2D eigenvalue weighted by molar-refractivity contribution is 0.0945. The molecule has 0 atom stereocenters. The van der Waals surface area contributed by atoms with Gasteiger partial charge in [0.1, 0.15) is 0 Å². The number of nitrogens with one attached hydrogen (secondary N) is 2. The summed E-state index contributed by atoms with van der Waals surface area (Å²) < 4.78 is 5.20. The van der Waals surface area contributed by atoms with E-state index in [4.69, 9.17) is 16.1 Å². The van der Waals surface area contributed by atoms with Crippen LogP contribution in [0.4, 0.5) is 0 Å². The Hall–Kier alpha value is -4.22. The average Bonchev–Trinajstić information content (AvgIpc) is 3.27. The van der Waals surface area contributed by atoms with Gasteiger partial charge < -0.3 is 4.42 Å². The van der Waals surface area contributed by atoms with Gasteiger partial charge in [0.05, 0.1) is 0 Å². The number of carbonyl (C=O) groups excluding carboxylic acids is 4. The van der Waals surface area contributed by atoms with Crippen molar-refractivity contribution in [1.29, 1.82) is 0 Å². The molecule has 0 aliphatic heterocycles. The van der Waals surface area contributed by atoms with Gasteiger partial charge in [0.2, 0.25) is 11.6 Å². The van der Waals surface area contributed by atoms with Gasteiger partial charge in [-0.25, -0.2) is 11.7 Å². The van der Waals surface area contributed by atoms with Crippen molar-refractivity contribution in [2.45, 2.75) is 0 Å². The third-order valence-corrected chi connectivity index (χ3v) is 3.85. The van der Waals surface area contributed by atoms with Gasteiger partial charge in [0.25, 0.3) is 23.6 Å². The quantitative estimate of drug-likeness (QED) is 0.189. The summed E-state index contributed by atoms with van der Waals surface area (Å²) in [6.45, 7) is 0. The molecule has 3 rings (SSSR count). The molecule has 0 fully saturated rings. The Morgan fingerprint density at radius 3 is 1.45 bits per heavy atom. The Labute approximate surface area is 163 Å². The number of rotatable bonds is 6. The van der Waals surface area contributed by atoms with Gasteiger partial charge >= 0.3 is 0 Å². The molecule has 0 saturated heterocycles. The topological polar surface area (TPSA) is 183 Å². The van der Waals surface area contributed by atoms with E-state index in [2.05, 4.69) is 10.2 Å². The molecule has 0 saturated carbocycles. The first-order chi connectivity index (χ1) is 13.9. The number of amides is 2. The monoisotopic (exact) mass is 394 g/mol. The van der Waals surface area contributed by atoms with Crippen molar-refractivity contribution < 1.29 is 23.6 Å². The lowest BCUT2D eigenvalue weighted by atomic mass is 10.1. The third kappa shape index (κ3) is 4.05. The number of ketones is 2. The van der Waals surface area contributed by atoms with Gasteiger partial charge in [-0.3, -0.25) is 30.0 Å². The molecule has 146 valence electrons. The maximum Gasteiger partial charge on any atom is 0.289 e. The number of nitrogens with two attached hydrogens (primary N) is 2. The molecule has 2 aromatic carbocycles. The summed E-state index contributed by atoms with van der Waals surface area (Å²) in [7, 11) is 0. The van der Waals surface area contributed by atoms with E-state index in [9.17, 15) is 19.2 Å². The fourth-order valence-corrected chi connectivity index (χ4v) is 2.42. The van der Waals surface area contributed by atoms with E-state index >= 15 is 0 Å². The van der Waals surface area contributed by atoms with E-state index in [0.717, 1.165) is 0 Å². The molecule has 29 heavy (non-hydrogen) atoms. The molecule has 0 radical (unpaired) electrons. The van der Waals surface area contributed by atoms with Gasteiger partial charge in [-0.05, 0) is 24.3 Å². The van der Waals surface area contributed by atoms with Crippen LogP contribution in [0.25, 0.3) is 0 Å². The van der Waals surface area contributed by atoms with Crippen LogP contribution in [0.5, 0.6) is 0 Å². The van der Waals surface area contributed by atoms with Crippen molar-refractivity contribution in [2.75, 3.05) is 0 Å². The molecule has 1 heterocycles. The van der Waals surface area contributed by atoms with Crippen molar-refractivity contribution in [3.05, 3.63) is 82.6 Å². The molecule has 0 unspecified atom stereocenters. The first-order valence-electron chi connectivity index (χ1n) is 8.09. The molecule has 11 nitrogen and oxygen atoms in total. The van der Waals surface area contributed by atoms with Crippen LogP contribution >= 0.6 is 0 Å². The van der Waals surface area contributed by atoms with Crippen molar-refractivity contribution in [1.82, 2.24) is 21.0 Å². The lowest BCUT2D eigenvalue weighted by Crippen LogP contribution is -2.30. The van der Waals surface area contributed by atoms with Crippen LogP contribution in [0, 0.1) is 0 Å². The van der Waals surface area contributed by atoms with Crippen LogP contribution in [0.2, 0.25) is 0 Å². The zero-order chi connectivity index (χ0) is 21.0. The van der Waals surface area contributed by atoms with Crippen LogP contribution in [-0.2, 0) is 0 Å². The predicted octanol–water partition coefficient (Wildman–Crippen LogP) is -0.261. The summed E-state index contributed by atoms with van der Waals surface area (Å²) in [5.41, 5.74) is 4.42. The molecular formula is C18H14N6O5. The first kappa shape index (κ1) is 19.5. The minimum atomic E-state index is -0.681. The number of benzene rings is 2. The Kier molecular flexibility index (Phi) is 5.53. The molecule has 11 heteroatoms. The van der Waals surface area contributed by atoms with E-state index in [1.54, 1.807) is 0 Å². The number of carbonyl (C=O) groups is 4. The second kappa shape index (κ2) is 8.21. The highest BCUT2D eigenvalue weighted by molar-refractivity contribution is 6.09. The van der Waals surface area contributed by atoms with Gasteiger partial charge in [0.15, 0.2) is 0 Å². The Bertz CT molecular complexity index is 1040. The number of hydrogen-bond acceptors (Lipinski definition) is 9. The second-order valence-electron chi connectivity index (χ2n) is 5.68. The van der Waals surface area contributed by atoms with E-state index in [0.29, 0.717) is 0 Å². The molecule has 0 spiro atoms. The number of hydrogen-bond donors (Lipinski definition) is 4. The van der Waals surface area contributed by atoms with Gasteiger partial charge in [-0.1, -0.05) is 24.3 Å². The lowest BCUT2D eigenvalue weighted by Gasteiger charge is -2.02. The summed E-state index contributed by atoms with van der Waals surface area (Å²) in [5.74, 6) is 6.76. The largest absolute Gasteiger partial charge is 0.410 e. The molecule has 0 aliphatic rings. The maximum absolute atomic E-state index is 12.5. The van der Waals surface area contributed by atoms with Crippen LogP contribution in [0.15, 0.2) is 52.9 Å². The van der Waals surface area contributed by atoms with Crippen LogP contribution in [0.1, 0.15) is 53.2 Å². The number of nitrogens with zero attached hydrogens (tertiary/aromatic N) is 2. The van der Waals surface area contributed by atoms with Gasteiger partial charge in [0, 0.05) is 22.3 Å². The number of nitrogen functional groups attached to an aromatic ring is 2. The second-order valence-corrected chi connectivity index (χ2v) is 5.68. The maximum atomic E-state index is 12.5. The fraction of sp³-hybridized carbons (Fsp3) is 0. The van der Waals surface area contributed by atoms with Gasteiger partial charge in [-0.2, -0.15) is 0 Å². The molecule has 0 aliphatic carbocycles. The smallest absolute Gasteiger partial charge is 0.289 e. The molecule has 1 aromatic heterocycles. The average molecular weight is 394 g/mol. The molecule has 2 amide bonds. The SMILES string of the molecule is NNC(=O)c1cccc(C(=O)c2nnc(C(=O)c3cccc(C(=O)NN)c3)o2)c1. The van der Waals surface area contributed by atoms with Crippen molar-refractivity contribution in [2.24, 2.45) is 11.7 Å². The van der Waals surface area contributed by atoms with E-state index in [1.165, 1.54) is 48.5 Å². The molecular weight excluding hydrogens is 380 g/mol. The number of hydrazine groups is 2. The molecule has 3 aromatic rings. The van der Waals surface area contributed by atoms with Crippen molar-refractivity contribution in [3.63, 3.8) is 0 Å². The summed E-state index contributed by atoms with van der Waals surface area (Å²) in [5, 5.41) is 7.19. The highest BCUT2D eigenvalue weighted by Crippen LogP contribution is 2.15. The summed E-state index contributed by atoms with van der Waals surface area (Å²) in [4.78, 5) is 48.2. The van der Waals surface area contributed by atoms with E-state index in [-0.39, 0.29) is 22.3 Å². The predicted molar refractivity (Wildman–Crippen MR) is 97.4 cm³/mol. The summed E-state index contributed by atoms with van der Waals surface area (Å²) in [6.07, 6.45) is 0. The normalized spacial score (nSPS) is 10.3. The van der Waals surface area contributed by atoms with Crippen molar-refractivity contribution >= 4 is 23.4 Å². The fourth-order valence-electron chi connectivity index (χ4n) is 2.42. The zero-order valence-corrected chi connectivity index (χ0v) is 14.7. The highest BCUT2D eigenvalue weighted by atomic mass is 16.4. The summed E-state index contributed by atoms with van der Waals surface area (Å²) in [6, 6.07) is 11.4. The molecule has 0 bridgehead atoms. The Balaban J connectivity index is 1.85. The van der Waals surface area contributed by atoms with Crippen LogP contribution in [-0.4, -0.2) is 33.6 Å². The van der Waals surface area contributed by atoms with Gasteiger partial charge in [-0.15, -0.1) is 10.2 Å². The standard InChI is InChI=1S/C18H14N6O5/c19-21-15(27)11-5-1-3-9(7-11)13(25)17-23-24-18(29-17)14(26)10-4-2-6-12(8-10)16(28)22-20/h1-8H,19-20H2,(H,21,27)(H,22,28). The number of aromatic nitrogens is 2. The Morgan fingerprint density at radius 1 is 0.690 bits per heavy atom. The zero-order valence-electron chi connectivity index (χ0n) is 14.7. The van der Waals surface area contributed by atoms with Crippen molar-refractivity contribution in [3.8, 4) is 0 Å². The van der Waals surface area contributed by atoms with Crippen LogP contribution in [0.3, 0.4) is 0 Å². The molecule has 6 N–H and O–H groups in total.